The van der Waals surface area contributed by atoms with Crippen LogP contribution in [0.25, 0.3) is 0 Å². The predicted octanol–water partition coefficient (Wildman–Crippen LogP) is 2.53. The lowest BCUT2D eigenvalue weighted by Gasteiger charge is -2.29. The summed E-state index contributed by atoms with van der Waals surface area (Å²) in [4.78, 5) is 3.84. The summed E-state index contributed by atoms with van der Waals surface area (Å²) in [6, 6.07) is 10.5. The van der Waals surface area contributed by atoms with Gasteiger partial charge in [-0.15, -0.1) is 5.10 Å². The van der Waals surface area contributed by atoms with Crippen LogP contribution in [0.3, 0.4) is 0 Å². The van der Waals surface area contributed by atoms with Gasteiger partial charge in [0.1, 0.15) is 29.9 Å². The number of halogens is 3. The molecule has 166 valence electrons. The molecule has 0 spiro atoms. The van der Waals surface area contributed by atoms with Gasteiger partial charge in [0.2, 0.25) is 0 Å². The Balaban J connectivity index is 1.44. The predicted molar refractivity (Wildman–Crippen MR) is 113 cm³/mol. The summed E-state index contributed by atoms with van der Waals surface area (Å²) in [6.07, 6.45) is 4.49. The third kappa shape index (κ3) is 5.34. The van der Waals surface area contributed by atoms with E-state index in [4.69, 9.17) is 11.6 Å². The van der Waals surface area contributed by atoms with E-state index in [0.717, 1.165) is 17.7 Å². The van der Waals surface area contributed by atoms with Crippen LogP contribution < -0.4 is 5.32 Å². The van der Waals surface area contributed by atoms with Gasteiger partial charge in [-0.05, 0) is 23.8 Å². The number of hydrogen-bond donors (Lipinski definition) is 2. The van der Waals surface area contributed by atoms with Gasteiger partial charge in [-0.1, -0.05) is 35.0 Å². The Morgan fingerprint density at radius 1 is 1.12 bits per heavy atom. The Morgan fingerprint density at radius 3 is 2.75 bits per heavy atom. The molecule has 0 amide bonds. The number of aromatic nitrogens is 6. The summed E-state index contributed by atoms with van der Waals surface area (Å²) in [7, 11) is 0. The highest BCUT2D eigenvalue weighted by Crippen LogP contribution is 2.26. The molecule has 1 atom stereocenters. The van der Waals surface area contributed by atoms with Crippen molar-refractivity contribution in [1.82, 2.24) is 35.1 Å². The Kier molecular flexibility index (Phi) is 6.54. The van der Waals surface area contributed by atoms with Gasteiger partial charge < -0.3 is 10.4 Å². The fraction of sp³-hybridized carbons (Fsp3) is 0.238. The summed E-state index contributed by atoms with van der Waals surface area (Å²) in [5.41, 5.74) is -0.139. The van der Waals surface area contributed by atoms with Crippen molar-refractivity contribution in [3.05, 3.63) is 94.8 Å². The van der Waals surface area contributed by atoms with Crippen molar-refractivity contribution in [2.24, 2.45) is 0 Å². The molecule has 0 aliphatic carbocycles. The number of aliphatic hydroxyl groups is 1. The topological polar surface area (TPSA) is 93.7 Å². The van der Waals surface area contributed by atoms with Crippen LogP contribution in [-0.4, -0.2) is 41.4 Å². The van der Waals surface area contributed by atoms with E-state index in [1.165, 1.54) is 23.4 Å². The van der Waals surface area contributed by atoms with Crippen LogP contribution in [0.15, 0.2) is 61.3 Å². The molecule has 2 N–H and O–H groups in total. The highest BCUT2D eigenvalue weighted by Gasteiger charge is 2.33. The molecular formula is C21H20ClF2N7O. The Bertz CT molecular complexity index is 1180. The van der Waals surface area contributed by atoms with Crippen molar-refractivity contribution in [2.45, 2.75) is 25.2 Å². The van der Waals surface area contributed by atoms with E-state index in [9.17, 15) is 13.9 Å². The third-order valence-electron chi connectivity index (χ3n) is 4.87. The fourth-order valence-corrected chi connectivity index (χ4v) is 3.61. The fourth-order valence-electron chi connectivity index (χ4n) is 3.40. The molecule has 0 radical (unpaired) electrons. The maximum atomic E-state index is 14.5. The molecule has 32 heavy (non-hydrogen) atoms. The minimum Gasteiger partial charge on any atom is -0.382 e. The largest absolute Gasteiger partial charge is 0.382 e. The van der Waals surface area contributed by atoms with Crippen LogP contribution in [0.5, 0.6) is 0 Å². The van der Waals surface area contributed by atoms with Crippen LogP contribution in [0.1, 0.15) is 16.8 Å². The van der Waals surface area contributed by atoms with E-state index in [1.807, 2.05) is 18.2 Å². The van der Waals surface area contributed by atoms with E-state index >= 15 is 0 Å². The average Bonchev–Trinajstić information content (AvgIpc) is 3.40. The number of hydrogen-bond acceptors (Lipinski definition) is 6. The van der Waals surface area contributed by atoms with Gasteiger partial charge in [-0.2, -0.15) is 5.10 Å². The van der Waals surface area contributed by atoms with Crippen LogP contribution in [0.4, 0.5) is 8.78 Å². The Morgan fingerprint density at radius 2 is 2.00 bits per heavy atom. The van der Waals surface area contributed by atoms with Crippen LogP contribution in [-0.2, 0) is 25.2 Å². The van der Waals surface area contributed by atoms with E-state index < -0.39 is 17.2 Å². The lowest BCUT2D eigenvalue weighted by Crippen LogP contribution is -2.42. The van der Waals surface area contributed by atoms with E-state index in [1.54, 1.807) is 16.9 Å². The number of benzene rings is 2. The van der Waals surface area contributed by atoms with Crippen LogP contribution in [0, 0.1) is 11.6 Å². The molecule has 0 fully saturated rings. The van der Waals surface area contributed by atoms with Gasteiger partial charge >= 0.3 is 0 Å². The van der Waals surface area contributed by atoms with Crippen molar-refractivity contribution in [1.29, 1.82) is 0 Å². The first-order valence-corrected chi connectivity index (χ1v) is 10.1. The lowest BCUT2D eigenvalue weighted by molar-refractivity contribution is 0.0117. The van der Waals surface area contributed by atoms with Gasteiger partial charge in [0.25, 0.3) is 0 Å². The van der Waals surface area contributed by atoms with Gasteiger partial charge in [0.05, 0.1) is 25.0 Å². The minimum atomic E-state index is -1.71. The molecule has 0 saturated carbocycles. The van der Waals surface area contributed by atoms with Crippen molar-refractivity contribution in [3.8, 4) is 0 Å². The monoisotopic (exact) mass is 459 g/mol. The molecule has 4 rings (SSSR count). The van der Waals surface area contributed by atoms with Gasteiger partial charge in [-0.3, -0.25) is 0 Å². The summed E-state index contributed by atoms with van der Waals surface area (Å²) < 4.78 is 30.9. The van der Waals surface area contributed by atoms with E-state index in [0.29, 0.717) is 17.3 Å². The molecule has 8 nitrogen and oxygen atoms in total. The van der Waals surface area contributed by atoms with Crippen molar-refractivity contribution < 1.29 is 13.9 Å². The average molecular weight is 460 g/mol. The third-order valence-corrected chi connectivity index (χ3v) is 5.10. The Hall–Kier alpha value is -3.21. The second-order valence-corrected chi connectivity index (χ2v) is 7.83. The first-order valence-electron chi connectivity index (χ1n) is 9.76. The number of nitrogens with zero attached hydrogens (tertiary/aromatic N) is 6. The summed E-state index contributed by atoms with van der Waals surface area (Å²) in [5.74, 6) is -1.57. The Labute approximate surface area is 187 Å². The summed E-state index contributed by atoms with van der Waals surface area (Å²) in [6.45, 7) is 0.656. The highest BCUT2D eigenvalue weighted by atomic mass is 35.5. The maximum absolute atomic E-state index is 14.5. The zero-order valence-corrected chi connectivity index (χ0v) is 17.6. The highest BCUT2D eigenvalue weighted by molar-refractivity contribution is 6.30. The molecule has 2 heterocycles. The van der Waals surface area contributed by atoms with Crippen molar-refractivity contribution in [2.75, 3.05) is 6.54 Å². The number of rotatable bonds is 9. The standard InChI is InChI=1S/C21H20ClF2N7O/c22-16-3-1-2-15(6-16)9-30-10-18(28-29-30)8-25-11-21(32,12-31-14-26-13-27-31)19-5-4-17(23)7-20(19)24/h1-7,10,13-14,25,32H,8-9,11-12H2. The first kappa shape index (κ1) is 22.0. The van der Waals surface area contributed by atoms with E-state index in [2.05, 4.69) is 25.7 Å². The van der Waals surface area contributed by atoms with E-state index in [-0.39, 0.29) is 25.2 Å². The van der Waals surface area contributed by atoms with Gasteiger partial charge in [0.15, 0.2) is 0 Å². The molecule has 0 saturated heterocycles. The van der Waals surface area contributed by atoms with Crippen molar-refractivity contribution in [3.63, 3.8) is 0 Å². The lowest BCUT2D eigenvalue weighted by atomic mass is 9.92. The first-order chi connectivity index (χ1) is 15.4. The number of nitrogens with one attached hydrogen (secondary N) is 1. The quantitative estimate of drug-likeness (QED) is 0.399. The van der Waals surface area contributed by atoms with Crippen LogP contribution in [0.2, 0.25) is 5.02 Å². The molecule has 0 aliphatic heterocycles. The molecule has 4 aromatic rings. The second-order valence-electron chi connectivity index (χ2n) is 7.39. The zero-order valence-electron chi connectivity index (χ0n) is 16.9. The molecule has 2 aromatic heterocycles. The van der Waals surface area contributed by atoms with Gasteiger partial charge in [0, 0.05) is 29.7 Å². The van der Waals surface area contributed by atoms with Crippen LogP contribution >= 0.6 is 11.6 Å². The molecule has 11 heteroatoms. The summed E-state index contributed by atoms with van der Waals surface area (Å²) >= 11 is 6.01. The normalized spacial score (nSPS) is 13.2. The molecule has 0 bridgehead atoms. The molecule has 2 aromatic carbocycles. The smallest absolute Gasteiger partial charge is 0.137 e. The molecule has 0 aliphatic rings. The SMILES string of the molecule is OC(CNCc1cn(Cc2cccc(Cl)c2)nn1)(Cn1cncn1)c1ccc(F)cc1F. The maximum Gasteiger partial charge on any atom is 0.137 e. The summed E-state index contributed by atoms with van der Waals surface area (Å²) in [5, 5.41) is 27.2. The minimum absolute atomic E-state index is 0.0451. The second kappa shape index (κ2) is 9.51. The zero-order chi connectivity index (χ0) is 22.6. The molecular weight excluding hydrogens is 440 g/mol. The molecule has 1 unspecified atom stereocenters. The van der Waals surface area contributed by atoms with Gasteiger partial charge in [-0.25, -0.2) is 23.1 Å². The van der Waals surface area contributed by atoms with Crippen molar-refractivity contribution >= 4 is 11.6 Å².